The van der Waals surface area contributed by atoms with E-state index in [-0.39, 0.29) is 5.82 Å². The van der Waals surface area contributed by atoms with Gasteiger partial charge in [0.2, 0.25) is 0 Å². The maximum Gasteiger partial charge on any atom is 0.142 e. The predicted molar refractivity (Wildman–Crippen MR) is 85.2 cm³/mol. The second-order valence-corrected chi connectivity index (χ2v) is 5.74. The van der Waals surface area contributed by atoms with Gasteiger partial charge in [-0.05, 0) is 37.7 Å². The molecule has 118 valence electrons. The highest BCUT2D eigenvalue weighted by atomic mass is 19.1. The third-order valence-corrected chi connectivity index (χ3v) is 4.22. The summed E-state index contributed by atoms with van der Waals surface area (Å²) in [5.74, 6) is 0.423. The van der Waals surface area contributed by atoms with E-state index in [0.717, 1.165) is 31.0 Å². The van der Waals surface area contributed by atoms with E-state index >= 15 is 0 Å². The van der Waals surface area contributed by atoms with E-state index in [0.29, 0.717) is 18.2 Å². The first-order chi connectivity index (χ1) is 11.2. The lowest BCUT2D eigenvalue weighted by atomic mass is 10.1. The Labute approximate surface area is 135 Å². The van der Waals surface area contributed by atoms with Crippen LogP contribution in [0.25, 0.3) is 0 Å². The molecule has 6 heteroatoms. The molecule has 0 unspecified atom stereocenters. The number of likely N-dealkylation sites (N-methyl/N-ethyl adjacent to an activating group) is 1. The highest BCUT2D eigenvalue weighted by Gasteiger charge is 2.27. The highest BCUT2D eigenvalue weighted by Crippen LogP contribution is 2.26. The second-order valence-electron chi connectivity index (χ2n) is 5.74. The van der Waals surface area contributed by atoms with E-state index < -0.39 is 0 Å². The van der Waals surface area contributed by atoms with Crippen LogP contribution in [0.5, 0.6) is 0 Å². The number of hydrogen-bond acceptors (Lipinski definition) is 5. The zero-order valence-electron chi connectivity index (χ0n) is 13.0. The third kappa shape index (κ3) is 3.46. The SMILES string of the molecule is CN(Cc1ncccn1)[C@H]1CCN(c2ccc(F)cc2C#N)C1. The summed E-state index contributed by atoms with van der Waals surface area (Å²) in [4.78, 5) is 12.9. The molecule has 3 rings (SSSR count). The topological polar surface area (TPSA) is 56.1 Å². The molecule has 1 aliphatic rings. The van der Waals surface area contributed by atoms with Gasteiger partial charge in [-0.15, -0.1) is 0 Å². The maximum absolute atomic E-state index is 13.3. The van der Waals surface area contributed by atoms with Gasteiger partial charge in [0.05, 0.1) is 17.8 Å². The summed E-state index contributed by atoms with van der Waals surface area (Å²) in [5.41, 5.74) is 1.19. The molecule has 0 radical (unpaired) electrons. The molecule has 5 nitrogen and oxygen atoms in total. The van der Waals surface area contributed by atoms with Crippen LogP contribution in [0, 0.1) is 17.1 Å². The van der Waals surface area contributed by atoms with Crippen LogP contribution in [0.15, 0.2) is 36.7 Å². The van der Waals surface area contributed by atoms with E-state index in [1.165, 1.54) is 12.1 Å². The number of rotatable bonds is 4. The van der Waals surface area contributed by atoms with E-state index in [1.807, 2.05) is 0 Å². The van der Waals surface area contributed by atoms with Gasteiger partial charge in [-0.3, -0.25) is 4.90 Å². The van der Waals surface area contributed by atoms with E-state index in [1.54, 1.807) is 24.5 Å². The molecule has 0 spiro atoms. The molecule has 1 aromatic carbocycles. The quantitative estimate of drug-likeness (QED) is 0.866. The van der Waals surface area contributed by atoms with Gasteiger partial charge in [0.25, 0.3) is 0 Å². The van der Waals surface area contributed by atoms with Crippen molar-refractivity contribution in [2.45, 2.75) is 19.0 Å². The Hall–Kier alpha value is -2.52. The number of halogens is 1. The van der Waals surface area contributed by atoms with Crippen LogP contribution >= 0.6 is 0 Å². The van der Waals surface area contributed by atoms with Crippen molar-refractivity contribution in [1.29, 1.82) is 5.26 Å². The Bertz CT molecular complexity index is 713. The van der Waals surface area contributed by atoms with Crippen molar-refractivity contribution in [1.82, 2.24) is 14.9 Å². The van der Waals surface area contributed by atoms with Crippen molar-refractivity contribution in [3.8, 4) is 6.07 Å². The number of hydrogen-bond donors (Lipinski definition) is 0. The third-order valence-electron chi connectivity index (χ3n) is 4.22. The Kier molecular flexibility index (Phi) is 4.49. The van der Waals surface area contributed by atoms with Crippen LogP contribution in [0.1, 0.15) is 17.8 Å². The first kappa shape index (κ1) is 15.4. The van der Waals surface area contributed by atoms with Crippen molar-refractivity contribution in [3.63, 3.8) is 0 Å². The lowest BCUT2D eigenvalue weighted by Gasteiger charge is -2.25. The summed E-state index contributed by atoms with van der Waals surface area (Å²) < 4.78 is 13.3. The van der Waals surface area contributed by atoms with Crippen LogP contribution in [0.2, 0.25) is 0 Å². The zero-order valence-corrected chi connectivity index (χ0v) is 13.0. The Morgan fingerprint density at radius 3 is 2.91 bits per heavy atom. The lowest BCUT2D eigenvalue weighted by Crippen LogP contribution is -2.34. The minimum Gasteiger partial charge on any atom is -0.369 e. The standard InChI is InChI=1S/C17H18FN5/c1-22(12-17-20-6-2-7-21-17)15-5-8-23(11-15)16-4-3-14(18)9-13(16)10-19/h2-4,6-7,9,15H,5,8,11-12H2,1H3/t15-/m0/s1. The van der Waals surface area contributed by atoms with Gasteiger partial charge in [0, 0.05) is 31.5 Å². The molecule has 1 aromatic heterocycles. The molecule has 2 heterocycles. The largest absolute Gasteiger partial charge is 0.369 e. The fourth-order valence-electron chi connectivity index (χ4n) is 2.96. The molecule has 23 heavy (non-hydrogen) atoms. The van der Waals surface area contributed by atoms with Gasteiger partial charge in [-0.1, -0.05) is 0 Å². The van der Waals surface area contributed by atoms with Crippen LogP contribution in [-0.4, -0.2) is 41.0 Å². The van der Waals surface area contributed by atoms with E-state index in [4.69, 9.17) is 0 Å². The fourth-order valence-corrected chi connectivity index (χ4v) is 2.96. The number of benzene rings is 1. The van der Waals surface area contributed by atoms with Crippen molar-refractivity contribution in [2.24, 2.45) is 0 Å². The van der Waals surface area contributed by atoms with Crippen molar-refractivity contribution < 1.29 is 4.39 Å². The van der Waals surface area contributed by atoms with E-state index in [2.05, 4.69) is 32.9 Å². The molecule has 0 saturated carbocycles. The van der Waals surface area contributed by atoms with Gasteiger partial charge in [-0.2, -0.15) is 5.26 Å². The smallest absolute Gasteiger partial charge is 0.142 e. The lowest BCUT2D eigenvalue weighted by molar-refractivity contribution is 0.244. The molecule has 0 amide bonds. The molecule has 2 aromatic rings. The maximum atomic E-state index is 13.3. The zero-order chi connectivity index (χ0) is 16.2. The Morgan fingerprint density at radius 1 is 1.39 bits per heavy atom. The van der Waals surface area contributed by atoms with Crippen LogP contribution in [0.3, 0.4) is 0 Å². The van der Waals surface area contributed by atoms with Gasteiger partial charge in [0.1, 0.15) is 17.7 Å². The normalized spacial score (nSPS) is 17.5. The van der Waals surface area contributed by atoms with Gasteiger partial charge < -0.3 is 4.90 Å². The first-order valence-corrected chi connectivity index (χ1v) is 7.58. The summed E-state index contributed by atoms with van der Waals surface area (Å²) in [7, 11) is 2.06. The average Bonchev–Trinajstić information content (AvgIpc) is 3.05. The number of nitrogens with zero attached hydrogens (tertiary/aromatic N) is 5. The molecular weight excluding hydrogens is 293 g/mol. The minimum absolute atomic E-state index is 0.357. The van der Waals surface area contributed by atoms with Crippen LogP contribution < -0.4 is 4.90 Å². The van der Waals surface area contributed by atoms with Gasteiger partial charge in [-0.25, -0.2) is 14.4 Å². The Balaban J connectivity index is 1.68. The molecule has 1 aliphatic heterocycles. The van der Waals surface area contributed by atoms with Crippen molar-refractivity contribution in [2.75, 3.05) is 25.0 Å². The summed E-state index contributed by atoms with van der Waals surface area (Å²) in [6, 6.07) is 8.64. The van der Waals surface area contributed by atoms with Crippen LogP contribution in [-0.2, 0) is 6.54 Å². The first-order valence-electron chi connectivity index (χ1n) is 7.58. The van der Waals surface area contributed by atoms with Crippen molar-refractivity contribution in [3.05, 3.63) is 53.9 Å². The van der Waals surface area contributed by atoms with E-state index in [9.17, 15) is 9.65 Å². The summed E-state index contributed by atoms with van der Waals surface area (Å²) in [6.45, 7) is 2.35. The predicted octanol–water partition coefficient (Wildman–Crippen LogP) is 2.20. The minimum atomic E-state index is -0.376. The summed E-state index contributed by atoms with van der Waals surface area (Å²) in [5, 5.41) is 9.20. The number of anilines is 1. The Morgan fingerprint density at radius 2 is 2.17 bits per heavy atom. The average molecular weight is 311 g/mol. The van der Waals surface area contributed by atoms with Gasteiger partial charge in [0.15, 0.2) is 0 Å². The van der Waals surface area contributed by atoms with Gasteiger partial charge >= 0.3 is 0 Å². The molecule has 1 atom stereocenters. The second kappa shape index (κ2) is 6.71. The van der Waals surface area contributed by atoms with Crippen molar-refractivity contribution >= 4 is 5.69 Å². The monoisotopic (exact) mass is 311 g/mol. The number of nitriles is 1. The molecule has 1 fully saturated rings. The molecule has 0 bridgehead atoms. The van der Waals surface area contributed by atoms with Crippen LogP contribution in [0.4, 0.5) is 10.1 Å². The molecular formula is C17H18FN5. The molecule has 0 aliphatic carbocycles. The summed E-state index contributed by atoms with van der Waals surface area (Å²) in [6.07, 6.45) is 4.48. The number of aromatic nitrogens is 2. The molecule has 1 saturated heterocycles. The highest BCUT2D eigenvalue weighted by molar-refractivity contribution is 5.60. The fraction of sp³-hybridized carbons (Fsp3) is 0.353. The molecule has 0 N–H and O–H groups in total. The summed E-state index contributed by atoms with van der Waals surface area (Å²) >= 11 is 0.